The first-order valence-corrected chi connectivity index (χ1v) is 9.92. The van der Waals surface area contributed by atoms with Crippen LogP contribution in [0.25, 0.3) is 0 Å². The maximum absolute atomic E-state index is 12.0. The molecule has 23 heavy (non-hydrogen) atoms. The fraction of sp³-hybridized carbons (Fsp3) is 0.533. The first kappa shape index (κ1) is 20.2. The van der Waals surface area contributed by atoms with Gasteiger partial charge < -0.3 is 5.32 Å². The molecule has 0 unspecified atom stereocenters. The molecule has 0 bridgehead atoms. The highest BCUT2D eigenvalue weighted by molar-refractivity contribution is 7.88. The molecule has 0 heterocycles. The Morgan fingerprint density at radius 3 is 2.48 bits per heavy atom. The largest absolute Gasteiger partial charge is 0.353 e. The summed E-state index contributed by atoms with van der Waals surface area (Å²) in [5.41, 5.74) is 0.666. The summed E-state index contributed by atoms with van der Waals surface area (Å²) in [6.45, 7) is 3.75. The summed E-state index contributed by atoms with van der Waals surface area (Å²) in [5.74, 6) is -0.323. The zero-order valence-electron chi connectivity index (χ0n) is 13.5. The van der Waals surface area contributed by atoms with Gasteiger partial charge in [-0.15, -0.1) is 0 Å². The minimum Gasteiger partial charge on any atom is -0.353 e. The van der Waals surface area contributed by atoms with E-state index >= 15 is 0 Å². The van der Waals surface area contributed by atoms with Gasteiger partial charge in [0.2, 0.25) is 15.9 Å². The maximum atomic E-state index is 12.0. The fourth-order valence-corrected chi connectivity index (χ4v) is 3.17. The average molecular weight is 381 g/mol. The maximum Gasteiger partial charge on any atom is 0.235 e. The molecule has 0 aliphatic heterocycles. The molecule has 1 N–H and O–H groups in total. The average Bonchev–Trinajstić information content (AvgIpc) is 2.41. The Bertz CT molecular complexity index is 650. The summed E-state index contributed by atoms with van der Waals surface area (Å²) in [6.07, 6.45) is 2.87. The van der Waals surface area contributed by atoms with E-state index in [-0.39, 0.29) is 25.0 Å². The second-order valence-corrected chi connectivity index (χ2v) is 8.33. The second-order valence-electron chi connectivity index (χ2n) is 5.54. The monoisotopic (exact) mass is 380 g/mol. The molecule has 0 aromatic heterocycles. The van der Waals surface area contributed by atoms with Crippen molar-refractivity contribution in [1.82, 2.24) is 9.62 Å². The summed E-state index contributed by atoms with van der Waals surface area (Å²) in [7, 11) is -3.53. The normalized spacial score (nSPS) is 13.1. The van der Waals surface area contributed by atoms with Crippen LogP contribution in [0.2, 0.25) is 10.0 Å². The van der Waals surface area contributed by atoms with Gasteiger partial charge in [0, 0.05) is 12.6 Å². The lowest BCUT2D eigenvalue weighted by atomic mass is 10.2. The van der Waals surface area contributed by atoms with Crippen molar-refractivity contribution in [1.29, 1.82) is 0 Å². The lowest BCUT2D eigenvalue weighted by Gasteiger charge is -2.21. The van der Waals surface area contributed by atoms with Crippen LogP contribution in [0, 0.1) is 0 Å². The minimum atomic E-state index is -3.53. The third-order valence-electron chi connectivity index (χ3n) is 3.26. The van der Waals surface area contributed by atoms with Gasteiger partial charge in [-0.2, -0.15) is 4.31 Å². The summed E-state index contributed by atoms with van der Waals surface area (Å²) < 4.78 is 25.0. The van der Waals surface area contributed by atoms with Crippen LogP contribution in [0.15, 0.2) is 18.2 Å². The van der Waals surface area contributed by atoms with Crippen molar-refractivity contribution < 1.29 is 13.2 Å². The molecule has 5 nitrogen and oxygen atoms in total. The van der Waals surface area contributed by atoms with Gasteiger partial charge in [-0.05, 0) is 31.0 Å². The first-order valence-electron chi connectivity index (χ1n) is 7.32. The number of sulfonamides is 1. The van der Waals surface area contributed by atoms with E-state index in [4.69, 9.17) is 23.2 Å². The van der Waals surface area contributed by atoms with Crippen molar-refractivity contribution in [3.63, 3.8) is 0 Å². The van der Waals surface area contributed by atoms with Gasteiger partial charge in [0.05, 0.1) is 22.8 Å². The zero-order valence-corrected chi connectivity index (χ0v) is 15.8. The predicted octanol–water partition coefficient (Wildman–Crippen LogP) is 3.06. The number of carbonyl (C=O) groups is 1. The Hall–Kier alpha value is -0.820. The highest BCUT2D eigenvalue weighted by atomic mass is 35.5. The zero-order chi connectivity index (χ0) is 17.6. The van der Waals surface area contributed by atoms with E-state index in [1.54, 1.807) is 18.2 Å². The van der Waals surface area contributed by atoms with Gasteiger partial charge in [0.25, 0.3) is 0 Å². The number of hydrogen-bond acceptors (Lipinski definition) is 3. The van der Waals surface area contributed by atoms with Crippen molar-refractivity contribution >= 4 is 39.1 Å². The lowest BCUT2D eigenvalue weighted by molar-refractivity contribution is -0.122. The van der Waals surface area contributed by atoms with E-state index in [0.29, 0.717) is 15.6 Å². The smallest absolute Gasteiger partial charge is 0.235 e. The van der Waals surface area contributed by atoms with Crippen LogP contribution in [-0.4, -0.2) is 37.5 Å². The molecule has 0 saturated heterocycles. The van der Waals surface area contributed by atoms with Crippen molar-refractivity contribution in [3.05, 3.63) is 33.8 Å². The molecule has 0 aliphatic carbocycles. The molecule has 1 atom stereocenters. The molecular formula is C15H22Cl2N2O3S. The number of nitrogens with zero attached hydrogens (tertiary/aromatic N) is 1. The van der Waals surface area contributed by atoms with Gasteiger partial charge in [0.15, 0.2) is 0 Å². The Kier molecular flexibility index (Phi) is 7.80. The number of carbonyl (C=O) groups excluding carboxylic acids is 1. The predicted molar refractivity (Wildman–Crippen MR) is 94.2 cm³/mol. The van der Waals surface area contributed by atoms with E-state index in [2.05, 4.69) is 5.32 Å². The third-order valence-corrected chi connectivity index (χ3v) is 5.20. The van der Waals surface area contributed by atoms with Gasteiger partial charge in [-0.25, -0.2) is 8.42 Å². The molecule has 130 valence electrons. The van der Waals surface area contributed by atoms with Crippen LogP contribution < -0.4 is 5.32 Å². The van der Waals surface area contributed by atoms with Gasteiger partial charge in [-0.3, -0.25) is 4.79 Å². The second kappa shape index (κ2) is 8.87. The molecule has 0 aliphatic rings. The van der Waals surface area contributed by atoms with Crippen LogP contribution in [0.5, 0.6) is 0 Å². The van der Waals surface area contributed by atoms with Gasteiger partial charge >= 0.3 is 0 Å². The Labute approximate surface area is 148 Å². The molecule has 0 saturated carbocycles. The van der Waals surface area contributed by atoms with E-state index in [9.17, 15) is 13.2 Å². The topological polar surface area (TPSA) is 66.5 Å². The molecule has 8 heteroatoms. The molecular weight excluding hydrogens is 359 g/mol. The molecule has 1 aromatic rings. The Balaban J connectivity index is 2.81. The highest BCUT2D eigenvalue weighted by Gasteiger charge is 2.21. The van der Waals surface area contributed by atoms with E-state index in [1.807, 2.05) is 13.8 Å². The van der Waals surface area contributed by atoms with E-state index in [0.717, 1.165) is 23.4 Å². The number of nitrogens with one attached hydrogen (secondary N) is 1. The molecule has 0 fully saturated rings. The summed E-state index contributed by atoms with van der Waals surface area (Å²) in [5, 5.41) is 3.54. The Morgan fingerprint density at radius 2 is 1.96 bits per heavy atom. The summed E-state index contributed by atoms with van der Waals surface area (Å²) >= 11 is 11.8. The van der Waals surface area contributed by atoms with Crippen LogP contribution in [0.1, 0.15) is 32.3 Å². The SMILES string of the molecule is CCC[C@H](C)NC(=O)CN(Cc1ccc(Cl)c(Cl)c1)S(C)(=O)=O. The van der Waals surface area contributed by atoms with Crippen LogP contribution in [-0.2, 0) is 21.4 Å². The first-order chi connectivity index (χ1) is 10.6. The van der Waals surface area contributed by atoms with Crippen molar-refractivity contribution in [2.75, 3.05) is 12.8 Å². The summed E-state index contributed by atoms with van der Waals surface area (Å²) in [4.78, 5) is 12.0. The number of halogens is 2. The van der Waals surface area contributed by atoms with Crippen LogP contribution >= 0.6 is 23.2 Å². The number of benzene rings is 1. The number of rotatable bonds is 8. The quantitative estimate of drug-likeness (QED) is 0.753. The number of hydrogen-bond donors (Lipinski definition) is 1. The third kappa shape index (κ3) is 7.08. The molecule has 0 spiro atoms. The van der Waals surface area contributed by atoms with Crippen LogP contribution in [0.4, 0.5) is 0 Å². The Morgan fingerprint density at radius 1 is 1.30 bits per heavy atom. The van der Waals surface area contributed by atoms with Crippen LogP contribution in [0.3, 0.4) is 0 Å². The minimum absolute atomic E-state index is 0.0129. The molecule has 1 aromatic carbocycles. The summed E-state index contributed by atoms with van der Waals surface area (Å²) in [6, 6.07) is 4.89. The van der Waals surface area contributed by atoms with E-state index in [1.165, 1.54) is 0 Å². The van der Waals surface area contributed by atoms with Crippen molar-refractivity contribution in [3.8, 4) is 0 Å². The lowest BCUT2D eigenvalue weighted by Crippen LogP contribution is -2.42. The van der Waals surface area contributed by atoms with E-state index < -0.39 is 10.0 Å². The number of amides is 1. The van der Waals surface area contributed by atoms with Crippen molar-refractivity contribution in [2.45, 2.75) is 39.3 Å². The van der Waals surface area contributed by atoms with Crippen molar-refractivity contribution in [2.24, 2.45) is 0 Å². The fourth-order valence-electron chi connectivity index (χ4n) is 2.12. The van der Waals surface area contributed by atoms with Gasteiger partial charge in [-0.1, -0.05) is 42.6 Å². The molecule has 1 amide bonds. The standard InChI is InChI=1S/C15H22Cl2N2O3S/c1-4-5-11(2)18-15(20)10-19(23(3,21)22)9-12-6-7-13(16)14(17)8-12/h6-8,11H,4-5,9-10H2,1-3H3,(H,18,20)/t11-/m0/s1. The molecule has 1 rings (SSSR count). The van der Waals surface area contributed by atoms with Gasteiger partial charge in [0.1, 0.15) is 0 Å². The molecule has 0 radical (unpaired) electrons. The highest BCUT2D eigenvalue weighted by Crippen LogP contribution is 2.23.